The summed E-state index contributed by atoms with van der Waals surface area (Å²) in [7, 11) is 0. The van der Waals surface area contributed by atoms with Crippen LogP contribution in [0.5, 0.6) is 5.75 Å². The number of phenols is 1. The van der Waals surface area contributed by atoms with Gasteiger partial charge in [-0.25, -0.2) is 13.6 Å². The Balaban J connectivity index is 2.23. The number of amides is 1. The quantitative estimate of drug-likeness (QED) is 0.792. The molecule has 0 heterocycles. The fourth-order valence-electron chi connectivity index (χ4n) is 2.32. The number of carbonyl (C=O) groups excluding carboxylic acids is 1. The smallest absolute Gasteiger partial charge is 0.412 e. The normalized spacial score (nSPS) is 22.3. The zero-order chi connectivity index (χ0) is 17.6. The van der Waals surface area contributed by atoms with Gasteiger partial charge in [-0.3, -0.25) is 10.1 Å². The van der Waals surface area contributed by atoms with E-state index >= 15 is 0 Å². The minimum atomic E-state index is -3.42. The standard InChI is InChI=1S/C15H17F2NO5/c1-13(2,3)23-12(22)18-8-4-5-9(10(19)6-8)14(11(20)21)7-15(14,16)17/h4-6,19H,7H2,1-3H3,(H,18,22)(H,20,21). The number of rotatable bonds is 3. The minimum absolute atomic E-state index is 0.102. The van der Waals surface area contributed by atoms with Crippen molar-refractivity contribution in [2.45, 2.75) is 44.1 Å². The highest BCUT2D eigenvalue weighted by molar-refractivity contribution is 5.90. The summed E-state index contributed by atoms with van der Waals surface area (Å²) in [5, 5.41) is 21.3. The number of nitrogens with one attached hydrogen (secondary N) is 1. The largest absolute Gasteiger partial charge is 0.508 e. The molecule has 6 nitrogen and oxygen atoms in total. The van der Waals surface area contributed by atoms with Crippen molar-refractivity contribution in [3.63, 3.8) is 0 Å². The topological polar surface area (TPSA) is 95.9 Å². The summed E-state index contributed by atoms with van der Waals surface area (Å²) >= 11 is 0. The first-order valence-electron chi connectivity index (χ1n) is 6.84. The Morgan fingerprint density at radius 1 is 1.30 bits per heavy atom. The SMILES string of the molecule is CC(C)(C)OC(=O)Nc1ccc(C2(C(=O)O)CC2(F)F)c(O)c1. The molecule has 126 valence electrons. The van der Waals surface area contributed by atoms with Gasteiger partial charge in [-0.1, -0.05) is 6.07 Å². The second-order valence-electron chi connectivity index (χ2n) is 6.45. The predicted molar refractivity (Wildman–Crippen MR) is 76.8 cm³/mol. The molecule has 1 aromatic rings. The third-order valence-electron chi connectivity index (χ3n) is 3.45. The number of alkyl halides is 2. The molecule has 0 spiro atoms. The molecule has 1 aliphatic carbocycles. The monoisotopic (exact) mass is 329 g/mol. The molecule has 1 aromatic carbocycles. The Bertz CT molecular complexity index is 668. The lowest BCUT2D eigenvalue weighted by atomic mass is 9.94. The maximum atomic E-state index is 13.5. The van der Waals surface area contributed by atoms with Crippen LogP contribution in [0.15, 0.2) is 18.2 Å². The number of hydrogen-bond donors (Lipinski definition) is 3. The van der Waals surface area contributed by atoms with Crippen molar-refractivity contribution in [1.29, 1.82) is 0 Å². The zero-order valence-electron chi connectivity index (χ0n) is 12.8. The summed E-state index contributed by atoms with van der Waals surface area (Å²) in [5.41, 5.74) is -3.42. The Morgan fingerprint density at radius 2 is 1.87 bits per heavy atom. The van der Waals surface area contributed by atoms with Gasteiger partial charge >= 0.3 is 12.1 Å². The van der Waals surface area contributed by atoms with Crippen molar-refractivity contribution < 1.29 is 33.3 Å². The van der Waals surface area contributed by atoms with Crippen LogP contribution in [-0.4, -0.2) is 33.8 Å². The van der Waals surface area contributed by atoms with Crippen molar-refractivity contribution in [2.24, 2.45) is 0 Å². The van der Waals surface area contributed by atoms with Gasteiger partial charge in [0, 0.05) is 23.7 Å². The summed E-state index contributed by atoms with van der Waals surface area (Å²) in [6.45, 7) is 5.00. The first kappa shape index (κ1) is 17.0. The highest BCUT2D eigenvalue weighted by Gasteiger charge is 2.78. The number of halogens is 2. The molecule has 0 radical (unpaired) electrons. The zero-order valence-corrected chi connectivity index (χ0v) is 12.8. The molecule has 1 fully saturated rings. The van der Waals surface area contributed by atoms with Gasteiger partial charge in [0.1, 0.15) is 11.4 Å². The number of carbonyl (C=O) groups is 2. The van der Waals surface area contributed by atoms with Crippen LogP contribution in [0.1, 0.15) is 32.8 Å². The lowest BCUT2D eigenvalue weighted by Crippen LogP contribution is -2.28. The fraction of sp³-hybridized carbons (Fsp3) is 0.467. The van der Waals surface area contributed by atoms with E-state index in [1.54, 1.807) is 20.8 Å². The summed E-state index contributed by atoms with van der Waals surface area (Å²) in [6, 6.07) is 3.31. The third kappa shape index (κ3) is 3.06. The van der Waals surface area contributed by atoms with Gasteiger partial charge in [0.2, 0.25) is 0 Å². The minimum Gasteiger partial charge on any atom is -0.508 e. The van der Waals surface area contributed by atoms with E-state index in [1.807, 2.05) is 0 Å². The molecule has 1 unspecified atom stereocenters. The van der Waals surface area contributed by atoms with Gasteiger partial charge in [-0.15, -0.1) is 0 Å². The molecular formula is C15H17F2NO5. The molecule has 1 saturated carbocycles. The van der Waals surface area contributed by atoms with Crippen LogP contribution in [0, 0.1) is 0 Å². The Morgan fingerprint density at radius 3 is 2.26 bits per heavy atom. The first-order chi connectivity index (χ1) is 10.4. The van der Waals surface area contributed by atoms with Gasteiger partial charge in [0.05, 0.1) is 0 Å². The molecule has 0 saturated heterocycles. The number of anilines is 1. The molecule has 23 heavy (non-hydrogen) atoms. The maximum Gasteiger partial charge on any atom is 0.412 e. The number of phenolic OH excluding ortho intramolecular Hbond substituents is 1. The summed E-state index contributed by atoms with van der Waals surface area (Å²) in [6.07, 6.45) is -1.66. The number of aliphatic carboxylic acids is 1. The van der Waals surface area contributed by atoms with E-state index in [0.29, 0.717) is 0 Å². The Labute approximate surface area is 131 Å². The highest BCUT2D eigenvalue weighted by Crippen LogP contribution is 2.63. The molecule has 0 bridgehead atoms. The molecule has 1 amide bonds. The van der Waals surface area contributed by atoms with Crippen LogP contribution in [-0.2, 0) is 14.9 Å². The molecule has 8 heteroatoms. The van der Waals surface area contributed by atoms with Crippen LogP contribution >= 0.6 is 0 Å². The second kappa shape index (κ2) is 5.07. The second-order valence-corrected chi connectivity index (χ2v) is 6.45. The van der Waals surface area contributed by atoms with Gasteiger partial charge in [0.25, 0.3) is 5.92 Å². The van der Waals surface area contributed by atoms with E-state index in [1.165, 1.54) is 6.07 Å². The van der Waals surface area contributed by atoms with Gasteiger partial charge < -0.3 is 14.9 Å². The van der Waals surface area contributed by atoms with E-state index in [0.717, 1.165) is 12.1 Å². The highest BCUT2D eigenvalue weighted by atomic mass is 19.3. The lowest BCUT2D eigenvalue weighted by molar-refractivity contribution is -0.143. The van der Waals surface area contributed by atoms with E-state index < -0.39 is 41.2 Å². The number of carboxylic acid groups (broad SMARTS) is 1. The third-order valence-corrected chi connectivity index (χ3v) is 3.45. The molecule has 2 rings (SSSR count). The number of hydrogen-bond acceptors (Lipinski definition) is 4. The molecule has 0 aliphatic heterocycles. The van der Waals surface area contributed by atoms with Crippen LogP contribution in [0.25, 0.3) is 0 Å². The van der Waals surface area contributed by atoms with Gasteiger partial charge in [-0.05, 0) is 26.8 Å². The number of benzene rings is 1. The lowest BCUT2D eigenvalue weighted by Gasteiger charge is -2.20. The number of ether oxygens (including phenoxy) is 1. The molecule has 1 aliphatic rings. The summed E-state index contributed by atoms with van der Waals surface area (Å²) in [5.74, 6) is -5.75. The molecule has 3 N–H and O–H groups in total. The average molecular weight is 329 g/mol. The Hall–Kier alpha value is -2.38. The van der Waals surface area contributed by atoms with Crippen molar-refractivity contribution in [3.05, 3.63) is 23.8 Å². The Kier molecular flexibility index (Phi) is 3.75. The molecular weight excluding hydrogens is 312 g/mol. The van der Waals surface area contributed by atoms with Crippen molar-refractivity contribution in [3.8, 4) is 5.75 Å². The van der Waals surface area contributed by atoms with Gasteiger partial charge in [0.15, 0.2) is 5.41 Å². The van der Waals surface area contributed by atoms with Crippen molar-refractivity contribution in [1.82, 2.24) is 0 Å². The van der Waals surface area contributed by atoms with E-state index in [9.17, 15) is 23.5 Å². The van der Waals surface area contributed by atoms with Gasteiger partial charge in [-0.2, -0.15) is 0 Å². The average Bonchev–Trinajstić information content (AvgIpc) is 2.91. The van der Waals surface area contributed by atoms with Crippen LogP contribution in [0.4, 0.5) is 19.3 Å². The fourth-order valence-corrected chi connectivity index (χ4v) is 2.32. The number of carboxylic acids is 1. The molecule has 1 atom stereocenters. The predicted octanol–water partition coefficient (Wildman–Crippen LogP) is 3.10. The summed E-state index contributed by atoms with van der Waals surface area (Å²) < 4.78 is 32.0. The van der Waals surface area contributed by atoms with E-state index in [-0.39, 0.29) is 11.3 Å². The molecule has 0 aromatic heterocycles. The van der Waals surface area contributed by atoms with Crippen LogP contribution in [0.3, 0.4) is 0 Å². The number of aromatic hydroxyl groups is 1. The van der Waals surface area contributed by atoms with E-state index in [2.05, 4.69) is 5.32 Å². The van der Waals surface area contributed by atoms with Crippen molar-refractivity contribution >= 4 is 17.7 Å². The van der Waals surface area contributed by atoms with Crippen LogP contribution in [0.2, 0.25) is 0 Å². The van der Waals surface area contributed by atoms with Crippen LogP contribution < -0.4 is 5.32 Å². The first-order valence-corrected chi connectivity index (χ1v) is 6.84. The van der Waals surface area contributed by atoms with Crippen molar-refractivity contribution in [2.75, 3.05) is 5.32 Å². The maximum absolute atomic E-state index is 13.5. The van der Waals surface area contributed by atoms with E-state index in [4.69, 9.17) is 9.84 Å². The summed E-state index contributed by atoms with van der Waals surface area (Å²) in [4.78, 5) is 22.8.